The van der Waals surface area contributed by atoms with Crippen LogP contribution in [0.15, 0.2) is 43.0 Å². The average Bonchev–Trinajstić information content (AvgIpc) is 3.25. The van der Waals surface area contributed by atoms with Crippen LogP contribution in [0.25, 0.3) is 0 Å². The molecule has 1 atom stereocenters. The number of benzene rings is 1. The van der Waals surface area contributed by atoms with Gasteiger partial charge in [0, 0.05) is 45.0 Å². The van der Waals surface area contributed by atoms with Gasteiger partial charge in [0.15, 0.2) is 0 Å². The van der Waals surface area contributed by atoms with Crippen LogP contribution in [-0.4, -0.2) is 39.4 Å². The van der Waals surface area contributed by atoms with E-state index in [4.69, 9.17) is 0 Å². The van der Waals surface area contributed by atoms with E-state index in [1.165, 1.54) is 11.0 Å². The molecule has 2 heterocycles. The number of rotatable bonds is 6. The van der Waals surface area contributed by atoms with Crippen LogP contribution in [0.4, 0.5) is 13.2 Å². The Morgan fingerprint density at radius 2 is 2.15 bits per heavy atom. The van der Waals surface area contributed by atoms with Crippen molar-refractivity contribution in [3.05, 3.63) is 54.1 Å². The van der Waals surface area contributed by atoms with Gasteiger partial charge >= 0.3 is 6.18 Å². The second-order valence-electron chi connectivity index (χ2n) is 6.46. The lowest BCUT2D eigenvalue weighted by atomic mass is 10.1. The second-order valence-corrected chi connectivity index (χ2v) is 6.46. The maximum atomic E-state index is 12.8. The van der Waals surface area contributed by atoms with Crippen LogP contribution in [0.2, 0.25) is 0 Å². The van der Waals surface area contributed by atoms with Gasteiger partial charge in [0.05, 0.1) is 17.8 Å². The molecule has 1 unspecified atom stereocenters. The van der Waals surface area contributed by atoms with Crippen LogP contribution >= 0.6 is 0 Å². The molecule has 0 aliphatic carbocycles. The number of likely N-dealkylation sites (tertiary alicyclic amines) is 1. The van der Waals surface area contributed by atoms with Gasteiger partial charge in [-0.05, 0) is 17.7 Å². The molecule has 6 nitrogen and oxygen atoms in total. The molecule has 2 aromatic rings. The van der Waals surface area contributed by atoms with Gasteiger partial charge in [-0.3, -0.25) is 9.59 Å². The van der Waals surface area contributed by atoms with Crippen molar-refractivity contribution in [3.8, 4) is 0 Å². The number of nitrogens with zero attached hydrogens (tertiary/aromatic N) is 3. The summed E-state index contributed by atoms with van der Waals surface area (Å²) in [6, 6.07) is 4.89. The standard InChI is InChI=1S/C18H19F3N4O2/c19-18(20,21)15-3-1-2-13(8-15)10-25-11-14(9-16(25)26)17(27)23-5-7-24-6-4-22-12-24/h1-4,6,8,12,14H,5,7,9-11H2,(H,23,27). The molecule has 1 aliphatic heterocycles. The van der Waals surface area contributed by atoms with Crippen molar-refractivity contribution in [2.75, 3.05) is 13.1 Å². The van der Waals surface area contributed by atoms with Crippen LogP contribution in [0.1, 0.15) is 17.5 Å². The fourth-order valence-corrected chi connectivity index (χ4v) is 3.04. The summed E-state index contributed by atoms with van der Waals surface area (Å²) in [5.41, 5.74) is -0.361. The molecule has 27 heavy (non-hydrogen) atoms. The fraction of sp³-hybridized carbons (Fsp3) is 0.389. The lowest BCUT2D eigenvalue weighted by molar-refractivity contribution is -0.137. The first kappa shape index (κ1) is 18.9. The molecule has 1 fully saturated rings. The molecule has 0 spiro atoms. The van der Waals surface area contributed by atoms with Crippen molar-refractivity contribution in [1.29, 1.82) is 0 Å². The Hall–Kier alpha value is -2.84. The third kappa shape index (κ3) is 4.87. The first-order valence-corrected chi connectivity index (χ1v) is 8.50. The summed E-state index contributed by atoms with van der Waals surface area (Å²) in [5.74, 6) is -0.955. The van der Waals surface area contributed by atoms with E-state index in [-0.39, 0.29) is 31.3 Å². The largest absolute Gasteiger partial charge is 0.416 e. The molecule has 1 saturated heterocycles. The highest BCUT2D eigenvalue weighted by molar-refractivity contribution is 5.89. The Morgan fingerprint density at radius 1 is 1.33 bits per heavy atom. The van der Waals surface area contributed by atoms with Crippen molar-refractivity contribution >= 4 is 11.8 Å². The molecule has 0 saturated carbocycles. The van der Waals surface area contributed by atoms with Crippen molar-refractivity contribution in [3.63, 3.8) is 0 Å². The van der Waals surface area contributed by atoms with E-state index in [2.05, 4.69) is 10.3 Å². The third-order valence-electron chi connectivity index (χ3n) is 4.44. The quantitative estimate of drug-likeness (QED) is 0.834. The lowest BCUT2D eigenvalue weighted by Crippen LogP contribution is -2.34. The maximum absolute atomic E-state index is 12.8. The van der Waals surface area contributed by atoms with Gasteiger partial charge in [0.1, 0.15) is 0 Å². The minimum Gasteiger partial charge on any atom is -0.354 e. The SMILES string of the molecule is O=C(NCCn1ccnc1)C1CC(=O)N(Cc2cccc(C(F)(F)F)c2)C1. The normalized spacial score (nSPS) is 17.4. The summed E-state index contributed by atoms with van der Waals surface area (Å²) in [7, 11) is 0. The topological polar surface area (TPSA) is 67.2 Å². The van der Waals surface area contributed by atoms with E-state index >= 15 is 0 Å². The Morgan fingerprint density at radius 3 is 2.85 bits per heavy atom. The Kier molecular flexibility index (Phi) is 5.48. The zero-order valence-corrected chi connectivity index (χ0v) is 14.4. The molecule has 1 aliphatic rings. The van der Waals surface area contributed by atoms with Gasteiger partial charge in [0.2, 0.25) is 11.8 Å². The van der Waals surface area contributed by atoms with Crippen molar-refractivity contribution in [2.45, 2.75) is 25.7 Å². The summed E-state index contributed by atoms with van der Waals surface area (Å²) < 4.78 is 40.2. The summed E-state index contributed by atoms with van der Waals surface area (Å²) in [6.07, 6.45) is 0.700. The molecule has 144 valence electrons. The summed E-state index contributed by atoms with van der Waals surface area (Å²) in [5, 5.41) is 2.78. The van der Waals surface area contributed by atoms with E-state index in [1.54, 1.807) is 24.8 Å². The lowest BCUT2D eigenvalue weighted by Gasteiger charge is -2.17. The highest BCUT2D eigenvalue weighted by Gasteiger charge is 2.35. The number of alkyl halides is 3. The second kappa shape index (κ2) is 7.81. The Labute approximate surface area is 154 Å². The Balaban J connectivity index is 1.53. The van der Waals surface area contributed by atoms with Crippen molar-refractivity contribution in [1.82, 2.24) is 19.8 Å². The molecule has 0 bridgehead atoms. The van der Waals surface area contributed by atoms with E-state index in [0.29, 0.717) is 18.7 Å². The first-order valence-electron chi connectivity index (χ1n) is 8.50. The van der Waals surface area contributed by atoms with Crippen LogP contribution in [-0.2, 0) is 28.9 Å². The van der Waals surface area contributed by atoms with Gasteiger partial charge in [-0.1, -0.05) is 12.1 Å². The zero-order valence-electron chi connectivity index (χ0n) is 14.4. The highest BCUT2D eigenvalue weighted by Crippen LogP contribution is 2.30. The zero-order chi connectivity index (χ0) is 19.4. The van der Waals surface area contributed by atoms with E-state index in [9.17, 15) is 22.8 Å². The fourth-order valence-electron chi connectivity index (χ4n) is 3.04. The molecular weight excluding hydrogens is 361 g/mol. The number of hydrogen-bond acceptors (Lipinski definition) is 3. The molecule has 1 aromatic carbocycles. The number of carbonyl (C=O) groups excluding carboxylic acids is 2. The van der Waals surface area contributed by atoms with E-state index < -0.39 is 17.7 Å². The predicted molar refractivity (Wildman–Crippen MR) is 90.2 cm³/mol. The van der Waals surface area contributed by atoms with Gasteiger partial charge in [-0.2, -0.15) is 13.2 Å². The first-order chi connectivity index (χ1) is 12.8. The van der Waals surface area contributed by atoms with Gasteiger partial charge in [-0.15, -0.1) is 0 Å². The predicted octanol–water partition coefficient (Wildman–Crippen LogP) is 2.07. The number of hydrogen-bond donors (Lipinski definition) is 1. The van der Waals surface area contributed by atoms with Crippen molar-refractivity contribution in [2.24, 2.45) is 5.92 Å². The van der Waals surface area contributed by atoms with Gasteiger partial charge < -0.3 is 14.8 Å². The molecule has 1 N–H and O–H groups in total. The number of imidazole rings is 1. The molecule has 3 rings (SSSR count). The van der Waals surface area contributed by atoms with Gasteiger partial charge in [-0.25, -0.2) is 4.98 Å². The van der Waals surface area contributed by atoms with E-state index in [1.807, 2.05) is 4.57 Å². The molecule has 1 aromatic heterocycles. The minimum atomic E-state index is -4.43. The number of aromatic nitrogens is 2. The van der Waals surface area contributed by atoms with Crippen LogP contribution < -0.4 is 5.32 Å². The number of nitrogens with one attached hydrogen (secondary N) is 1. The van der Waals surface area contributed by atoms with Crippen LogP contribution in [0.3, 0.4) is 0 Å². The minimum absolute atomic E-state index is 0.0571. The summed E-state index contributed by atoms with van der Waals surface area (Å²) in [6.45, 7) is 1.24. The van der Waals surface area contributed by atoms with Gasteiger partial charge in [0.25, 0.3) is 0 Å². The highest BCUT2D eigenvalue weighted by atomic mass is 19.4. The number of amides is 2. The number of halogens is 3. The summed E-state index contributed by atoms with van der Waals surface area (Å²) in [4.78, 5) is 29.7. The maximum Gasteiger partial charge on any atom is 0.416 e. The van der Waals surface area contributed by atoms with E-state index in [0.717, 1.165) is 12.1 Å². The Bertz CT molecular complexity index is 805. The average molecular weight is 380 g/mol. The smallest absolute Gasteiger partial charge is 0.354 e. The number of carbonyl (C=O) groups is 2. The van der Waals surface area contributed by atoms with Crippen LogP contribution in [0.5, 0.6) is 0 Å². The molecule has 9 heteroatoms. The summed E-state index contributed by atoms with van der Waals surface area (Å²) >= 11 is 0. The molecule has 0 radical (unpaired) electrons. The monoisotopic (exact) mass is 380 g/mol. The van der Waals surface area contributed by atoms with Crippen LogP contribution in [0, 0.1) is 5.92 Å². The van der Waals surface area contributed by atoms with Crippen molar-refractivity contribution < 1.29 is 22.8 Å². The molecule has 2 amide bonds. The third-order valence-corrected chi connectivity index (χ3v) is 4.44. The molecular formula is C18H19F3N4O2.